The highest BCUT2D eigenvalue weighted by atomic mass is 15.1. The minimum atomic E-state index is 0. The van der Waals surface area contributed by atoms with Crippen molar-refractivity contribution < 1.29 is 0 Å². The first kappa shape index (κ1) is 84.0. The molecule has 0 unspecified atom stereocenters. The molecule has 5 heterocycles. The van der Waals surface area contributed by atoms with E-state index in [4.69, 9.17) is 0 Å². The molecule has 0 atom stereocenters. The molecule has 0 aliphatic carbocycles. The van der Waals surface area contributed by atoms with Crippen LogP contribution in [0.3, 0.4) is 0 Å². The highest BCUT2D eigenvalue weighted by Gasteiger charge is 1.70. The second kappa shape index (κ2) is 100. The standard InChI is InChI=1S/C5H5N.3C4H4N2.5C4H10.C3H3N3.5C2H6.CH4/c1-2-4-6-5-3-1;1-2-6-4-3-5-1;1-2-5-4-6-3-1;1-2-4-6-5-3-1;5*1-4(2)3;1-2-5-6-3-4-1;5*1-2;/h1-5H;3*1-4H;5*4H,1-3H3;1-3H;5*1-2H3;1H4. The lowest BCUT2D eigenvalue weighted by molar-refractivity contribution is 0.736. The maximum absolute atomic E-state index is 3.78. The number of pyridine rings is 1. The molecule has 10 nitrogen and oxygen atoms in total. The van der Waals surface area contributed by atoms with Crippen molar-refractivity contribution >= 4 is 0 Å². The van der Waals surface area contributed by atoms with Crippen molar-refractivity contribution in [3.8, 4) is 0 Å². The van der Waals surface area contributed by atoms with Gasteiger partial charge in [-0.3, -0.25) is 15.0 Å². The molecule has 61 heavy (non-hydrogen) atoms. The Morgan fingerprint density at radius 1 is 0.213 bits per heavy atom. The number of aromatic nitrogens is 10. The Hall–Kier alpha value is -4.60. The fourth-order valence-electron chi connectivity index (χ4n) is 1.28. The minimum Gasteiger partial charge on any atom is -0.265 e. The Morgan fingerprint density at radius 2 is 0.426 bits per heavy atom. The summed E-state index contributed by atoms with van der Waals surface area (Å²) in [7, 11) is 0. The summed E-state index contributed by atoms with van der Waals surface area (Å²) >= 11 is 0. The molecule has 0 saturated heterocycles. The third-order valence-electron chi connectivity index (χ3n) is 2.41. The average Bonchev–Trinajstić information content (AvgIpc) is 3.27. The monoisotopic (exact) mass is 857 g/mol. The van der Waals surface area contributed by atoms with Gasteiger partial charge in [-0.1, -0.05) is 187 Å². The van der Waals surface area contributed by atoms with Crippen molar-refractivity contribution in [3.05, 3.63) is 123 Å². The van der Waals surface area contributed by atoms with Crippen molar-refractivity contribution in [2.75, 3.05) is 0 Å². The van der Waals surface area contributed by atoms with Gasteiger partial charge in [0.05, 0.1) is 6.20 Å². The summed E-state index contributed by atoms with van der Waals surface area (Å²) in [5.74, 6) is 4.17. The molecule has 0 spiro atoms. The van der Waals surface area contributed by atoms with E-state index in [0.717, 1.165) is 29.6 Å². The zero-order chi connectivity index (χ0) is 49.1. The minimum absolute atomic E-state index is 0. The lowest BCUT2D eigenvalue weighted by atomic mass is 10.3. The second-order valence-electron chi connectivity index (χ2n) is 13.2. The van der Waals surface area contributed by atoms with Gasteiger partial charge in [0.2, 0.25) is 0 Å². The largest absolute Gasteiger partial charge is 0.265 e. The van der Waals surface area contributed by atoms with E-state index < -0.39 is 0 Å². The van der Waals surface area contributed by atoms with E-state index in [-0.39, 0.29) is 7.43 Å². The van der Waals surface area contributed by atoms with Gasteiger partial charge in [0.15, 0.2) is 0 Å². The number of nitrogens with zero attached hydrogens (tertiary/aromatic N) is 10. The number of hydrogen-bond acceptors (Lipinski definition) is 10. The molecule has 0 bridgehead atoms. The SMILES string of the molecule is C.CC.CC.CC.CC.CC.CC(C)C.CC(C)C.CC(C)C.CC(C)C.CC(C)C.c1ccncc1.c1ccnnc1.c1cnccn1.c1cncnc1.c1cnncn1. The van der Waals surface area contributed by atoms with Gasteiger partial charge in [-0.25, -0.2) is 15.0 Å². The molecule has 5 aromatic heterocycles. The smallest absolute Gasteiger partial charge is 0.138 e. The summed E-state index contributed by atoms with van der Waals surface area (Å²) in [6.07, 6.45) is 22.7. The molecule has 0 aliphatic rings. The van der Waals surface area contributed by atoms with E-state index >= 15 is 0 Å². The van der Waals surface area contributed by atoms with Crippen molar-refractivity contribution in [1.29, 1.82) is 0 Å². The highest BCUT2D eigenvalue weighted by molar-refractivity contribution is 4.88. The summed E-state index contributed by atoms with van der Waals surface area (Å²) in [4.78, 5) is 22.2. The first-order valence-corrected chi connectivity index (χ1v) is 22.2. The average molecular weight is 857 g/mol. The predicted molar refractivity (Wildman–Crippen MR) is 276 cm³/mol. The van der Waals surface area contributed by atoms with E-state index in [2.05, 4.69) is 154 Å². The Morgan fingerprint density at radius 3 is 0.508 bits per heavy atom. The molecule has 0 aliphatic heterocycles. The van der Waals surface area contributed by atoms with Gasteiger partial charge in [0.1, 0.15) is 12.7 Å². The van der Waals surface area contributed by atoms with Gasteiger partial charge in [-0.05, 0) is 59.9 Å². The number of rotatable bonds is 0. The molecular formula is C51H104N10. The highest BCUT2D eigenvalue weighted by Crippen LogP contribution is 1.83. The van der Waals surface area contributed by atoms with Crippen molar-refractivity contribution in [2.24, 2.45) is 29.6 Å². The third-order valence-corrected chi connectivity index (χ3v) is 2.41. The molecule has 0 radical (unpaired) electrons. The molecule has 358 valence electrons. The molecule has 0 N–H and O–H groups in total. The predicted octanol–water partition coefficient (Wildman–Crippen LogP) is 16.5. The Bertz CT molecular complexity index is 759. The van der Waals surface area contributed by atoms with Crippen LogP contribution in [-0.4, -0.2) is 50.3 Å². The summed E-state index contributed by atoms with van der Waals surface area (Å²) < 4.78 is 0. The molecule has 0 saturated carbocycles. The van der Waals surface area contributed by atoms with Gasteiger partial charge < -0.3 is 0 Å². The van der Waals surface area contributed by atoms with Crippen LogP contribution in [0, 0.1) is 29.6 Å². The van der Waals surface area contributed by atoms with Crippen molar-refractivity contribution in [1.82, 2.24) is 50.3 Å². The van der Waals surface area contributed by atoms with Gasteiger partial charge in [0, 0.05) is 68.2 Å². The van der Waals surface area contributed by atoms with Gasteiger partial charge >= 0.3 is 0 Å². The van der Waals surface area contributed by atoms with Crippen LogP contribution < -0.4 is 0 Å². The van der Waals surface area contributed by atoms with E-state index in [1.54, 1.807) is 74.2 Å². The van der Waals surface area contributed by atoms with Crippen LogP contribution in [0.2, 0.25) is 0 Å². The van der Waals surface area contributed by atoms with E-state index in [0.29, 0.717) is 0 Å². The maximum Gasteiger partial charge on any atom is 0.138 e. The Labute approximate surface area is 382 Å². The molecule has 5 aromatic rings. The number of hydrogen-bond donors (Lipinski definition) is 0. The lowest BCUT2D eigenvalue weighted by Crippen LogP contribution is -1.75. The Balaban J connectivity index is -0.0000000496. The topological polar surface area (TPSA) is 129 Å². The van der Waals surface area contributed by atoms with Crippen LogP contribution in [-0.2, 0) is 0 Å². The summed E-state index contributed by atoms with van der Waals surface area (Å²) in [6, 6.07) is 11.1. The lowest BCUT2D eigenvalue weighted by Gasteiger charge is -1.79. The van der Waals surface area contributed by atoms with Crippen LogP contribution in [0.5, 0.6) is 0 Å². The van der Waals surface area contributed by atoms with E-state index in [1.807, 2.05) is 99.6 Å². The first-order valence-electron chi connectivity index (χ1n) is 22.2. The van der Waals surface area contributed by atoms with Crippen molar-refractivity contribution in [2.45, 2.75) is 181 Å². The second-order valence-corrected chi connectivity index (χ2v) is 13.2. The summed E-state index contributed by atoms with van der Waals surface area (Å²) in [5, 5.41) is 14.0. The van der Waals surface area contributed by atoms with Crippen LogP contribution in [0.4, 0.5) is 0 Å². The quantitative estimate of drug-likeness (QED) is 0.148. The third kappa shape index (κ3) is 245. The molecule has 0 aromatic carbocycles. The van der Waals surface area contributed by atoms with E-state index in [1.165, 1.54) is 18.9 Å². The van der Waals surface area contributed by atoms with Crippen molar-refractivity contribution in [3.63, 3.8) is 0 Å². The van der Waals surface area contributed by atoms with Gasteiger partial charge in [-0.15, -0.1) is 5.10 Å². The summed E-state index contributed by atoms with van der Waals surface area (Å²) in [5.41, 5.74) is 0. The summed E-state index contributed by atoms with van der Waals surface area (Å²) in [6.45, 7) is 52.5. The van der Waals surface area contributed by atoms with Gasteiger partial charge in [0.25, 0.3) is 0 Å². The van der Waals surface area contributed by atoms with Crippen LogP contribution >= 0.6 is 0 Å². The zero-order valence-electron chi connectivity index (χ0n) is 43.9. The van der Waals surface area contributed by atoms with Crippen LogP contribution in [0.1, 0.15) is 181 Å². The van der Waals surface area contributed by atoms with Crippen LogP contribution in [0.15, 0.2) is 123 Å². The fraction of sp³-hybridized carbons (Fsp3) is 0.608. The van der Waals surface area contributed by atoms with Gasteiger partial charge in [-0.2, -0.15) is 15.3 Å². The molecular weight excluding hydrogens is 753 g/mol. The van der Waals surface area contributed by atoms with Crippen LogP contribution in [0.25, 0.3) is 0 Å². The first-order chi connectivity index (χ1) is 28.7. The maximum atomic E-state index is 3.78. The molecule has 0 fully saturated rings. The molecule has 10 heteroatoms. The normalized spacial score (nSPS) is 7.38. The Kier molecular flexibility index (Phi) is 138. The fourth-order valence-corrected chi connectivity index (χ4v) is 1.28. The zero-order valence-corrected chi connectivity index (χ0v) is 43.9. The molecule has 0 amide bonds. The molecule has 5 rings (SSSR count). The van der Waals surface area contributed by atoms with E-state index in [9.17, 15) is 0 Å².